The largest absolute Gasteiger partial charge is 0.516 e. The third-order valence-electron chi connectivity index (χ3n) is 5.71. The summed E-state index contributed by atoms with van der Waals surface area (Å²) in [6.07, 6.45) is -0.969. The molecule has 0 fully saturated rings. The normalized spacial score (nSPS) is 10.6. The van der Waals surface area contributed by atoms with Crippen LogP contribution < -0.4 is 14.2 Å². The number of benzene rings is 3. The summed E-state index contributed by atoms with van der Waals surface area (Å²) in [7, 11) is 1.52. The molecule has 5 aromatic rings. The fraction of sp³-hybridized carbons (Fsp3) is 0.138. The van der Waals surface area contributed by atoms with Crippen LogP contribution in [0.4, 0.5) is 4.79 Å². The lowest BCUT2D eigenvalue weighted by molar-refractivity contribution is 0.0891. The minimum atomic E-state index is -0.969. The van der Waals surface area contributed by atoms with E-state index in [0.29, 0.717) is 29.4 Å². The van der Waals surface area contributed by atoms with Gasteiger partial charge >= 0.3 is 12.2 Å². The first-order chi connectivity index (χ1) is 19.1. The number of carbonyl (C=O) groups is 1. The molecule has 0 aliphatic rings. The first-order valence-electron chi connectivity index (χ1n) is 12.1. The number of imidazole rings is 1. The molecule has 0 bridgehead atoms. The van der Waals surface area contributed by atoms with Crippen molar-refractivity contribution in [2.45, 2.75) is 13.5 Å². The summed E-state index contributed by atoms with van der Waals surface area (Å²) < 4.78 is 23.4. The third kappa shape index (κ3) is 5.33. The van der Waals surface area contributed by atoms with Crippen molar-refractivity contribution in [2.75, 3.05) is 13.7 Å². The van der Waals surface area contributed by atoms with E-state index in [4.69, 9.17) is 23.9 Å². The number of rotatable bonds is 8. The minimum absolute atomic E-state index is 0.0136. The van der Waals surface area contributed by atoms with E-state index in [9.17, 15) is 10.1 Å². The molecule has 2 heterocycles. The smallest absolute Gasteiger partial charge is 0.495 e. The van der Waals surface area contributed by atoms with E-state index in [2.05, 4.69) is 16.0 Å². The quantitative estimate of drug-likeness (QED) is 0.244. The molecule has 39 heavy (non-hydrogen) atoms. The van der Waals surface area contributed by atoms with Crippen molar-refractivity contribution in [3.8, 4) is 40.7 Å². The first kappa shape index (κ1) is 25.2. The first-order valence-corrected chi connectivity index (χ1v) is 12.1. The van der Waals surface area contributed by atoms with Crippen LogP contribution in [-0.4, -0.2) is 39.4 Å². The van der Waals surface area contributed by atoms with Gasteiger partial charge in [-0.25, -0.2) is 19.3 Å². The fourth-order valence-corrected chi connectivity index (χ4v) is 3.93. The topological polar surface area (TPSA) is 121 Å². The van der Waals surface area contributed by atoms with E-state index in [1.165, 1.54) is 11.7 Å². The Morgan fingerprint density at radius 2 is 1.69 bits per heavy atom. The summed E-state index contributed by atoms with van der Waals surface area (Å²) >= 11 is 0. The molecule has 0 aliphatic carbocycles. The Labute approximate surface area is 224 Å². The highest BCUT2D eigenvalue weighted by Gasteiger charge is 2.25. The Kier molecular flexibility index (Phi) is 7.32. The van der Waals surface area contributed by atoms with E-state index in [1.807, 2.05) is 37.3 Å². The third-order valence-corrected chi connectivity index (χ3v) is 5.71. The van der Waals surface area contributed by atoms with E-state index < -0.39 is 6.16 Å². The van der Waals surface area contributed by atoms with Gasteiger partial charge in [0.05, 0.1) is 19.4 Å². The van der Waals surface area contributed by atoms with Gasteiger partial charge in [0.25, 0.3) is 0 Å². The Bertz CT molecular complexity index is 1660. The van der Waals surface area contributed by atoms with Gasteiger partial charge in [-0.15, -0.1) is 0 Å². The zero-order valence-corrected chi connectivity index (χ0v) is 21.2. The van der Waals surface area contributed by atoms with Crippen molar-refractivity contribution in [3.05, 3.63) is 90.1 Å². The van der Waals surface area contributed by atoms with Gasteiger partial charge in [0.1, 0.15) is 29.7 Å². The van der Waals surface area contributed by atoms with Gasteiger partial charge < -0.3 is 18.9 Å². The molecule has 0 aliphatic heterocycles. The maximum absolute atomic E-state index is 12.7. The molecule has 0 atom stereocenters. The average Bonchev–Trinajstić information content (AvgIpc) is 3.34. The maximum Gasteiger partial charge on any atom is 0.516 e. The van der Waals surface area contributed by atoms with Gasteiger partial charge in [0.15, 0.2) is 17.2 Å². The van der Waals surface area contributed by atoms with Crippen LogP contribution in [0.1, 0.15) is 18.2 Å². The van der Waals surface area contributed by atoms with Crippen LogP contribution >= 0.6 is 0 Å². The Hall–Kier alpha value is -5.43. The SMILES string of the molecule is CCOc1ccc(-c2nc(C#N)c3nc(OC(=O)OCc4ccccc4)n(-c4ccccc4OC)c3n2)cc1. The molecule has 0 radical (unpaired) electrons. The second-order valence-electron chi connectivity index (χ2n) is 8.17. The number of carbonyl (C=O) groups excluding carboxylic acids is 1. The van der Waals surface area contributed by atoms with E-state index >= 15 is 0 Å². The summed E-state index contributed by atoms with van der Waals surface area (Å²) in [5, 5.41) is 9.92. The lowest BCUT2D eigenvalue weighted by Crippen LogP contribution is -2.14. The number of para-hydroxylation sites is 2. The lowest BCUT2D eigenvalue weighted by atomic mass is 10.2. The van der Waals surface area contributed by atoms with Gasteiger partial charge in [-0.3, -0.25) is 0 Å². The van der Waals surface area contributed by atoms with Crippen molar-refractivity contribution < 1.29 is 23.7 Å². The van der Waals surface area contributed by atoms with Crippen LogP contribution in [-0.2, 0) is 11.3 Å². The van der Waals surface area contributed by atoms with Gasteiger partial charge in [-0.1, -0.05) is 42.5 Å². The van der Waals surface area contributed by atoms with Crippen molar-refractivity contribution in [1.82, 2.24) is 19.5 Å². The van der Waals surface area contributed by atoms with Crippen LogP contribution in [0.2, 0.25) is 0 Å². The second kappa shape index (κ2) is 11.3. The molecule has 2 aromatic heterocycles. The van der Waals surface area contributed by atoms with Gasteiger partial charge in [-0.2, -0.15) is 10.2 Å². The standard InChI is InChI=1S/C29H23N5O5/c1-3-37-21-15-13-20(14-16-21)26-31-22(17-30)25-27(33-26)34(23-11-7-8-12-24(23)36-2)28(32-25)39-29(35)38-18-19-9-5-4-6-10-19/h4-16H,3,18H2,1-2H3. The summed E-state index contributed by atoms with van der Waals surface area (Å²) in [5.41, 5.74) is 2.37. The second-order valence-corrected chi connectivity index (χ2v) is 8.17. The molecule has 10 heteroatoms. The average molecular weight is 522 g/mol. The molecule has 0 N–H and O–H groups in total. The van der Waals surface area contributed by atoms with Gasteiger partial charge in [0.2, 0.25) is 0 Å². The highest BCUT2D eigenvalue weighted by Crippen LogP contribution is 2.33. The number of aromatic nitrogens is 4. The molecule has 194 valence electrons. The highest BCUT2D eigenvalue weighted by molar-refractivity contribution is 5.83. The molecular weight excluding hydrogens is 498 g/mol. The summed E-state index contributed by atoms with van der Waals surface area (Å²) in [4.78, 5) is 26.2. The molecule has 3 aromatic carbocycles. The predicted octanol–water partition coefficient (Wildman–Crippen LogP) is 5.48. The minimum Gasteiger partial charge on any atom is -0.495 e. The Morgan fingerprint density at radius 1 is 0.949 bits per heavy atom. The van der Waals surface area contributed by atoms with Crippen molar-refractivity contribution >= 4 is 17.3 Å². The van der Waals surface area contributed by atoms with Crippen molar-refractivity contribution in [1.29, 1.82) is 5.26 Å². The number of hydrogen-bond acceptors (Lipinski definition) is 9. The molecule has 0 saturated heterocycles. The summed E-state index contributed by atoms with van der Waals surface area (Å²) in [6, 6.07) is 25.4. The molecule has 0 unspecified atom stereocenters. The fourth-order valence-electron chi connectivity index (χ4n) is 3.93. The predicted molar refractivity (Wildman–Crippen MR) is 142 cm³/mol. The van der Waals surface area contributed by atoms with Gasteiger partial charge in [-0.05, 0) is 48.9 Å². The van der Waals surface area contributed by atoms with Crippen LogP contribution in [0.3, 0.4) is 0 Å². The highest BCUT2D eigenvalue weighted by atomic mass is 16.7. The zero-order chi connectivity index (χ0) is 27.2. The number of nitrogens with zero attached hydrogens (tertiary/aromatic N) is 5. The number of methoxy groups -OCH3 is 1. The molecular formula is C29H23N5O5. The van der Waals surface area contributed by atoms with Crippen LogP contribution in [0, 0.1) is 11.3 Å². The maximum atomic E-state index is 12.7. The molecule has 10 nitrogen and oxygen atoms in total. The zero-order valence-electron chi connectivity index (χ0n) is 21.2. The van der Waals surface area contributed by atoms with Crippen molar-refractivity contribution in [3.63, 3.8) is 0 Å². The number of hydrogen-bond donors (Lipinski definition) is 0. The van der Waals surface area contributed by atoms with E-state index in [0.717, 1.165) is 5.56 Å². The molecule has 0 spiro atoms. The Balaban J connectivity index is 1.61. The summed E-state index contributed by atoms with van der Waals surface area (Å²) in [6.45, 7) is 2.45. The molecule has 5 rings (SSSR count). The number of ether oxygens (including phenoxy) is 4. The molecule has 0 saturated carbocycles. The van der Waals surface area contributed by atoms with E-state index in [1.54, 1.807) is 48.5 Å². The van der Waals surface area contributed by atoms with Crippen LogP contribution in [0.15, 0.2) is 78.9 Å². The van der Waals surface area contributed by atoms with Crippen molar-refractivity contribution in [2.24, 2.45) is 0 Å². The molecule has 0 amide bonds. The van der Waals surface area contributed by atoms with Crippen LogP contribution in [0.25, 0.3) is 28.2 Å². The number of nitriles is 1. The van der Waals surface area contributed by atoms with Gasteiger partial charge in [0, 0.05) is 5.56 Å². The Morgan fingerprint density at radius 3 is 2.41 bits per heavy atom. The summed E-state index contributed by atoms with van der Waals surface area (Å²) in [5.74, 6) is 1.46. The monoisotopic (exact) mass is 521 g/mol. The lowest BCUT2D eigenvalue weighted by Gasteiger charge is -2.12. The number of fused-ring (bicyclic) bond motifs is 1. The van der Waals surface area contributed by atoms with E-state index in [-0.39, 0.29) is 35.3 Å². The van der Waals surface area contributed by atoms with Crippen LogP contribution in [0.5, 0.6) is 17.5 Å².